The first-order valence-corrected chi connectivity index (χ1v) is 6.69. The van der Waals surface area contributed by atoms with Crippen LogP contribution in [0, 0.1) is 0 Å². The molecule has 0 saturated carbocycles. The summed E-state index contributed by atoms with van der Waals surface area (Å²) in [5.74, 6) is -0.244. The molecule has 4 nitrogen and oxygen atoms in total. The average Bonchev–Trinajstić information content (AvgIpc) is 2.76. The van der Waals surface area contributed by atoms with Gasteiger partial charge in [-0.3, -0.25) is 0 Å². The number of hydrogen-bond donors (Lipinski definition) is 1. The molecule has 0 radical (unpaired) electrons. The number of carbonyl (C=O) groups is 1. The van der Waals surface area contributed by atoms with E-state index in [0.717, 1.165) is 4.47 Å². The maximum Gasteiger partial charge on any atom is 0.332 e. The van der Waals surface area contributed by atoms with E-state index in [2.05, 4.69) is 15.9 Å². The zero-order chi connectivity index (χ0) is 13.1. The Balaban J connectivity index is 1.87. The molecule has 1 aliphatic rings. The van der Waals surface area contributed by atoms with E-state index in [-0.39, 0.29) is 6.10 Å². The zero-order valence-corrected chi connectivity index (χ0v) is 11.8. The summed E-state index contributed by atoms with van der Waals surface area (Å²) >= 11 is 9.17. The lowest BCUT2D eigenvalue weighted by Crippen LogP contribution is -2.23. The van der Waals surface area contributed by atoms with Crippen molar-refractivity contribution in [3.8, 4) is 5.75 Å². The molecule has 2 unspecified atom stereocenters. The predicted octanol–water partition coefficient (Wildman–Crippen LogP) is 3.11. The number of carboxylic acids is 1. The van der Waals surface area contributed by atoms with E-state index in [4.69, 9.17) is 26.2 Å². The minimum absolute atomic E-state index is 0.173. The fourth-order valence-corrected chi connectivity index (χ4v) is 2.58. The maximum absolute atomic E-state index is 10.7. The summed E-state index contributed by atoms with van der Waals surface area (Å²) in [6, 6.07) is 5.24. The lowest BCUT2D eigenvalue weighted by molar-refractivity contribution is -0.149. The number of halogens is 2. The van der Waals surface area contributed by atoms with Crippen LogP contribution in [-0.2, 0) is 9.53 Å². The summed E-state index contributed by atoms with van der Waals surface area (Å²) in [7, 11) is 0. The molecule has 6 heteroatoms. The summed E-state index contributed by atoms with van der Waals surface area (Å²) in [5.41, 5.74) is 0. The van der Waals surface area contributed by atoms with Crippen molar-refractivity contribution in [2.24, 2.45) is 0 Å². The van der Waals surface area contributed by atoms with E-state index in [9.17, 15) is 4.79 Å². The van der Waals surface area contributed by atoms with E-state index < -0.39 is 12.1 Å². The Labute approximate surface area is 118 Å². The van der Waals surface area contributed by atoms with Crippen molar-refractivity contribution < 1.29 is 19.4 Å². The van der Waals surface area contributed by atoms with E-state index >= 15 is 0 Å². The maximum atomic E-state index is 10.7. The monoisotopic (exact) mass is 334 g/mol. The predicted molar refractivity (Wildman–Crippen MR) is 70.2 cm³/mol. The van der Waals surface area contributed by atoms with Crippen LogP contribution in [0.3, 0.4) is 0 Å². The Morgan fingerprint density at radius 2 is 2.33 bits per heavy atom. The summed E-state index contributed by atoms with van der Waals surface area (Å²) in [6.45, 7) is 0.337. The second-order valence-corrected chi connectivity index (χ2v) is 5.34. The standard InChI is InChI=1S/C12H12BrClO4/c13-9-5-7(14)1-3-10(9)17-6-8-2-4-11(18-8)12(15)16/h1,3,5,8,11H,2,4,6H2,(H,15,16). The third-order valence-electron chi connectivity index (χ3n) is 2.70. The molecule has 0 amide bonds. The molecule has 1 N–H and O–H groups in total. The Hall–Kier alpha value is -0.780. The van der Waals surface area contributed by atoms with Crippen molar-refractivity contribution in [1.82, 2.24) is 0 Å². The van der Waals surface area contributed by atoms with Crippen LogP contribution in [0.5, 0.6) is 5.75 Å². The molecular weight excluding hydrogens is 323 g/mol. The Morgan fingerprint density at radius 1 is 1.56 bits per heavy atom. The first-order valence-electron chi connectivity index (χ1n) is 5.52. The minimum Gasteiger partial charge on any atom is -0.490 e. The van der Waals surface area contributed by atoms with Crippen LogP contribution in [0.4, 0.5) is 0 Å². The van der Waals surface area contributed by atoms with E-state index in [1.165, 1.54) is 0 Å². The van der Waals surface area contributed by atoms with Crippen LogP contribution < -0.4 is 4.74 Å². The van der Waals surface area contributed by atoms with E-state index in [1.54, 1.807) is 18.2 Å². The fourth-order valence-electron chi connectivity index (χ4n) is 1.78. The molecule has 0 bridgehead atoms. The van der Waals surface area contributed by atoms with Gasteiger partial charge in [0, 0.05) is 5.02 Å². The number of ether oxygens (including phenoxy) is 2. The lowest BCUT2D eigenvalue weighted by atomic mass is 10.2. The van der Waals surface area contributed by atoms with Gasteiger partial charge < -0.3 is 14.6 Å². The average molecular weight is 336 g/mol. The summed E-state index contributed by atoms with van der Waals surface area (Å²) in [5, 5.41) is 9.43. The number of hydrogen-bond acceptors (Lipinski definition) is 3. The number of carboxylic acid groups (broad SMARTS) is 1. The van der Waals surface area contributed by atoms with E-state index in [1.807, 2.05) is 0 Å². The van der Waals surface area contributed by atoms with Crippen molar-refractivity contribution in [3.05, 3.63) is 27.7 Å². The van der Waals surface area contributed by atoms with Gasteiger partial charge in [-0.2, -0.15) is 0 Å². The van der Waals surface area contributed by atoms with Crippen molar-refractivity contribution in [1.29, 1.82) is 0 Å². The van der Waals surface area contributed by atoms with Gasteiger partial charge in [-0.05, 0) is 47.0 Å². The molecule has 0 aliphatic carbocycles. The highest BCUT2D eigenvalue weighted by atomic mass is 79.9. The highest BCUT2D eigenvalue weighted by molar-refractivity contribution is 9.10. The van der Waals surface area contributed by atoms with Gasteiger partial charge in [0.1, 0.15) is 12.4 Å². The molecule has 2 atom stereocenters. The third kappa shape index (κ3) is 3.37. The summed E-state index contributed by atoms with van der Waals surface area (Å²) < 4.78 is 11.7. The van der Waals surface area contributed by atoms with E-state index in [0.29, 0.717) is 30.2 Å². The molecule has 2 rings (SSSR count). The molecule has 1 saturated heterocycles. The van der Waals surface area contributed by atoms with Gasteiger partial charge in [-0.15, -0.1) is 0 Å². The first-order chi connectivity index (χ1) is 8.56. The molecule has 1 aliphatic heterocycles. The van der Waals surface area contributed by atoms with Crippen LogP contribution in [-0.4, -0.2) is 29.9 Å². The number of benzene rings is 1. The van der Waals surface area contributed by atoms with Crippen LogP contribution in [0.25, 0.3) is 0 Å². The molecule has 0 aromatic heterocycles. The smallest absolute Gasteiger partial charge is 0.332 e. The summed E-state index contributed by atoms with van der Waals surface area (Å²) in [6.07, 6.45) is 0.355. The minimum atomic E-state index is -0.912. The van der Waals surface area contributed by atoms with Gasteiger partial charge in [0.2, 0.25) is 0 Å². The molecule has 18 heavy (non-hydrogen) atoms. The van der Waals surface area contributed by atoms with Crippen molar-refractivity contribution >= 4 is 33.5 Å². The van der Waals surface area contributed by atoms with Crippen LogP contribution in [0.2, 0.25) is 5.02 Å². The third-order valence-corrected chi connectivity index (χ3v) is 3.56. The molecular formula is C12H12BrClO4. The zero-order valence-electron chi connectivity index (χ0n) is 9.44. The van der Waals surface area contributed by atoms with Gasteiger partial charge in [0.25, 0.3) is 0 Å². The second kappa shape index (κ2) is 5.91. The topological polar surface area (TPSA) is 55.8 Å². The van der Waals surface area contributed by atoms with Crippen molar-refractivity contribution in [2.45, 2.75) is 25.0 Å². The largest absolute Gasteiger partial charge is 0.490 e. The van der Waals surface area contributed by atoms with Crippen molar-refractivity contribution in [2.75, 3.05) is 6.61 Å². The van der Waals surface area contributed by atoms with Gasteiger partial charge >= 0.3 is 5.97 Å². The number of aliphatic carboxylic acids is 1. The highest BCUT2D eigenvalue weighted by Gasteiger charge is 2.30. The Bertz CT molecular complexity index is 452. The van der Waals surface area contributed by atoms with Crippen LogP contribution in [0.1, 0.15) is 12.8 Å². The SMILES string of the molecule is O=C(O)C1CCC(COc2ccc(Cl)cc2Br)O1. The highest BCUT2D eigenvalue weighted by Crippen LogP contribution is 2.29. The quantitative estimate of drug-likeness (QED) is 0.918. The molecule has 1 aromatic carbocycles. The molecule has 1 fully saturated rings. The van der Waals surface area contributed by atoms with Crippen LogP contribution in [0.15, 0.2) is 22.7 Å². The molecule has 1 aromatic rings. The Morgan fingerprint density at radius 3 is 2.94 bits per heavy atom. The summed E-state index contributed by atoms with van der Waals surface area (Å²) in [4.78, 5) is 10.7. The van der Waals surface area contributed by atoms with Gasteiger partial charge in [0.05, 0.1) is 10.6 Å². The Kier molecular flexibility index (Phi) is 4.48. The molecule has 0 spiro atoms. The van der Waals surface area contributed by atoms with Gasteiger partial charge in [0.15, 0.2) is 6.10 Å². The van der Waals surface area contributed by atoms with Gasteiger partial charge in [-0.25, -0.2) is 4.79 Å². The van der Waals surface area contributed by atoms with Gasteiger partial charge in [-0.1, -0.05) is 11.6 Å². The lowest BCUT2D eigenvalue weighted by Gasteiger charge is -2.13. The fraction of sp³-hybridized carbons (Fsp3) is 0.417. The number of rotatable bonds is 4. The first kappa shape index (κ1) is 13.6. The van der Waals surface area contributed by atoms with Crippen LogP contribution >= 0.6 is 27.5 Å². The molecule has 1 heterocycles. The van der Waals surface area contributed by atoms with Crippen molar-refractivity contribution in [3.63, 3.8) is 0 Å². The molecule has 98 valence electrons. The normalized spacial score (nSPS) is 23.0. The second-order valence-electron chi connectivity index (χ2n) is 4.05.